The SMILES string of the molecule is C=Cc1cccc(OC(C)(OCCCCCCCCCC(C)(C)C)C2C=Cc3ccccc32)c1. The lowest BCUT2D eigenvalue weighted by Gasteiger charge is -2.36. The summed E-state index contributed by atoms with van der Waals surface area (Å²) in [5.41, 5.74) is 4.02. The molecule has 0 bridgehead atoms. The van der Waals surface area contributed by atoms with E-state index >= 15 is 0 Å². The van der Waals surface area contributed by atoms with Gasteiger partial charge in [-0.15, -0.1) is 0 Å². The maximum absolute atomic E-state index is 6.56. The number of hydrogen-bond donors (Lipinski definition) is 0. The van der Waals surface area contributed by atoms with E-state index in [9.17, 15) is 0 Å². The van der Waals surface area contributed by atoms with Crippen molar-refractivity contribution >= 4 is 12.2 Å². The van der Waals surface area contributed by atoms with Gasteiger partial charge in [0.1, 0.15) is 5.75 Å². The Hall–Kier alpha value is -2.32. The molecule has 2 heteroatoms. The first-order chi connectivity index (χ1) is 16.3. The molecule has 2 atom stereocenters. The summed E-state index contributed by atoms with van der Waals surface area (Å²) in [5.74, 6) is 0.0994. The van der Waals surface area contributed by atoms with Crippen molar-refractivity contribution in [2.24, 2.45) is 5.41 Å². The molecule has 1 aliphatic rings. The predicted octanol–water partition coefficient (Wildman–Crippen LogP) is 9.42. The van der Waals surface area contributed by atoms with Crippen molar-refractivity contribution < 1.29 is 9.47 Å². The summed E-state index contributed by atoms with van der Waals surface area (Å²) in [6.45, 7) is 13.7. The second-order valence-corrected chi connectivity index (χ2v) is 11.0. The fourth-order valence-corrected chi connectivity index (χ4v) is 4.74. The van der Waals surface area contributed by atoms with Crippen LogP contribution in [0.3, 0.4) is 0 Å². The average Bonchev–Trinajstić information content (AvgIpc) is 3.25. The van der Waals surface area contributed by atoms with Gasteiger partial charge in [-0.05, 0) is 47.1 Å². The lowest BCUT2D eigenvalue weighted by Crippen LogP contribution is -2.41. The molecule has 0 aliphatic heterocycles. The number of unbranched alkanes of at least 4 members (excludes halogenated alkanes) is 6. The molecule has 0 saturated carbocycles. The van der Waals surface area contributed by atoms with Crippen LogP contribution in [-0.4, -0.2) is 12.4 Å². The van der Waals surface area contributed by atoms with Gasteiger partial charge < -0.3 is 9.47 Å². The Bertz CT molecular complexity index is 936. The molecule has 0 spiro atoms. The van der Waals surface area contributed by atoms with E-state index in [0.29, 0.717) is 12.0 Å². The minimum atomic E-state index is -0.768. The fourth-order valence-electron chi connectivity index (χ4n) is 4.74. The summed E-state index contributed by atoms with van der Waals surface area (Å²) in [7, 11) is 0. The van der Waals surface area contributed by atoms with Crippen molar-refractivity contribution in [3.63, 3.8) is 0 Å². The fraction of sp³-hybridized carbons (Fsp3) is 0.500. The zero-order valence-electron chi connectivity index (χ0n) is 21.8. The number of fused-ring (bicyclic) bond motifs is 1. The van der Waals surface area contributed by atoms with Crippen molar-refractivity contribution in [3.05, 3.63) is 77.9 Å². The first-order valence-electron chi connectivity index (χ1n) is 13.1. The van der Waals surface area contributed by atoms with Crippen LogP contribution in [-0.2, 0) is 4.74 Å². The maximum Gasteiger partial charge on any atom is 0.218 e. The van der Waals surface area contributed by atoms with E-state index in [1.165, 1.54) is 56.1 Å². The quantitative estimate of drug-likeness (QED) is 0.206. The van der Waals surface area contributed by atoms with E-state index in [0.717, 1.165) is 17.7 Å². The normalized spacial score (nSPS) is 16.8. The summed E-state index contributed by atoms with van der Waals surface area (Å²) in [6.07, 6.45) is 16.5. The van der Waals surface area contributed by atoms with Gasteiger partial charge in [-0.1, -0.05) is 121 Å². The Labute approximate surface area is 208 Å². The van der Waals surface area contributed by atoms with Crippen LogP contribution in [0.25, 0.3) is 12.2 Å². The van der Waals surface area contributed by atoms with Crippen molar-refractivity contribution in [1.29, 1.82) is 0 Å². The monoisotopic (exact) mass is 460 g/mol. The van der Waals surface area contributed by atoms with Crippen LogP contribution < -0.4 is 4.74 Å². The van der Waals surface area contributed by atoms with E-state index in [4.69, 9.17) is 9.47 Å². The molecule has 2 aromatic carbocycles. The van der Waals surface area contributed by atoms with Gasteiger partial charge in [-0.2, -0.15) is 0 Å². The van der Waals surface area contributed by atoms with Crippen molar-refractivity contribution in [2.45, 2.75) is 90.8 Å². The van der Waals surface area contributed by atoms with Crippen molar-refractivity contribution in [1.82, 2.24) is 0 Å². The molecular formula is C32H44O2. The molecule has 0 fully saturated rings. The van der Waals surface area contributed by atoms with Crippen LogP contribution in [0, 0.1) is 5.41 Å². The van der Waals surface area contributed by atoms with Gasteiger partial charge in [0, 0.05) is 6.92 Å². The summed E-state index contributed by atoms with van der Waals surface area (Å²) < 4.78 is 13.1. The first kappa shape index (κ1) is 26.3. The van der Waals surface area contributed by atoms with Gasteiger partial charge in [-0.3, -0.25) is 0 Å². The molecule has 0 N–H and O–H groups in total. The van der Waals surface area contributed by atoms with Crippen LogP contribution in [0.1, 0.15) is 102 Å². The van der Waals surface area contributed by atoms with Crippen LogP contribution >= 0.6 is 0 Å². The molecule has 0 saturated heterocycles. The third-order valence-electron chi connectivity index (χ3n) is 6.74. The van der Waals surface area contributed by atoms with Crippen LogP contribution in [0.2, 0.25) is 0 Å². The lowest BCUT2D eigenvalue weighted by atomic mass is 9.89. The number of hydrogen-bond acceptors (Lipinski definition) is 2. The van der Waals surface area contributed by atoms with Crippen LogP contribution in [0.15, 0.2) is 61.2 Å². The molecule has 2 aromatic rings. The molecule has 2 unspecified atom stereocenters. The summed E-state index contributed by atoms with van der Waals surface area (Å²) >= 11 is 0. The Kier molecular flexibility index (Phi) is 9.59. The van der Waals surface area contributed by atoms with Gasteiger partial charge in [0.25, 0.3) is 0 Å². The third-order valence-corrected chi connectivity index (χ3v) is 6.74. The molecule has 2 nitrogen and oxygen atoms in total. The molecule has 0 aromatic heterocycles. The molecule has 1 aliphatic carbocycles. The summed E-state index contributed by atoms with van der Waals surface area (Å²) in [5, 5.41) is 0. The largest absolute Gasteiger partial charge is 0.462 e. The van der Waals surface area contributed by atoms with Crippen LogP contribution in [0.4, 0.5) is 0 Å². The van der Waals surface area contributed by atoms with Gasteiger partial charge >= 0.3 is 0 Å². The Balaban J connectivity index is 1.52. The molecule has 0 amide bonds. The van der Waals surface area contributed by atoms with Gasteiger partial charge in [0.15, 0.2) is 0 Å². The summed E-state index contributed by atoms with van der Waals surface area (Å²) in [4.78, 5) is 0. The first-order valence-corrected chi connectivity index (χ1v) is 13.1. The van der Waals surface area contributed by atoms with Gasteiger partial charge in [0.2, 0.25) is 5.79 Å². The molecular weight excluding hydrogens is 416 g/mol. The van der Waals surface area contributed by atoms with Crippen molar-refractivity contribution in [2.75, 3.05) is 6.61 Å². The van der Waals surface area contributed by atoms with E-state index < -0.39 is 5.79 Å². The Morgan fingerprint density at radius 1 is 0.853 bits per heavy atom. The maximum atomic E-state index is 6.56. The highest BCUT2D eigenvalue weighted by molar-refractivity contribution is 5.63. The smallest absolute Gasteiger partial charge is 0.218 e. The minimum absolute atomic E-state index is 0.0545. The standard InChI is InChI=1S/C32H44O2/c1-6-26-17-16-19-28(25-26)34-32(5,30-22-21-27-18-12-13-20-29(27)30)33-24-15-11-9-7-8-10-14-23-31(2,3)4/h6,12-13,16-22,25,30H,1,7-11,14-15,23-24H2,2-5H3. The number of rotatable bonds is 14. The van der Waals surface area contributed by atoms with E-state index in [2.05, 4.69) is 70.7 Å². The van der Waals surface area contributed by atoms with E-state index in [-0.39, 0.29) is 5.92 Å². The zero-order chi connectivity index (χ0) is 24.4. The highest BCUT2D eigenvalue weighted by Gasteiger charge is 2.40. The molecule has 34 heavy (non-hydrogen) atoms. The van der Waals surface area contributed by atoms with Gasteiger partial charge in [-0.25, -0.2) is 0 Å². The molecule has 0 heterocycles. The van der Waals surface area contributed by atoms with Crippen LogP contribution in [0.5, 0.6) is 5.75 Å². The number of ether oxygens (including phenoxy) is 2. The number of benzene rings is 2. The van der Waals surface area contributed by atoms with E-state index in [1.54, 1.807) is 0 Å². The third kappa shape index (κ3) is 7.87. The highest BCUT2D eigenvalue weighted by Crippen LogP contribution is 2.41. The topological polar surface area (TPSA) is 18.5 Å². The Morgan fingerprint density at radius 2 is 1.56 bits per heavy atom. The van der Waals surface area contributed by atoms with E-state index in [1.807, 2.05) is 30.3 Å². The van der Waals surface area contributed by atoms with Crippen molar-refractivity contribution in [3.8, 4) is 5.75 Å². The second-order valence-electron chi connectivity index (χ2n) is 11.0. The Morgan fingerprint density at radius 3 is 2.29 bits per heavy atom. The molecule has 3 rings (SSSR count). The minimum Gasteiger partial charge on any atom is -0.462 e. The molecule has 184 valence electrons. The second kappa shape index (κ2) is 12.4. The van der Waals surface area contributed by atoms with Gasteiger partial charge in [0.05, 0.1) is 12.5 Å². The summed E-state index contributed by atoms with van der Waals surface area (Å²) in [6, 6.07) is 16.6. The predicted molar refractivity (Wildman–Crippen MR) is 146 cm³/mol. The average molecular weight is 461 g/mol. The molecule has 0 radical (unpaired) electrons. The highest BCUT2D eigenvalue weighted by atomic mass is 16.7. The zero-order valence-corrected chi connectivity index (χ0v) is 21.8. The lowest BCUT2D eigenvalue weighted by molar-refractivity contribution is -0.178.